The van der Waals surface area contributed by atoms with Gasteiger partial charge in [-0.15, -0.1) is 0 Å². The van der Waals surface area contributed by atoms with Crippen molar-refractivity contribution in [3.05, 3.63) is 18.6 Å². The molecular weight excluding hydrogens is 314 g/mol. The van der Waals surface area contributed by atoms with E-state index in [2.05, 4.69) is 19.8 Å². The molecule has 2 atom stereocenters. The third-order valence-corrected chi connectivity index (χ3v) is 6.24. The van der Waals surface area contributed by atoms with E-state index in [0.29, 0.717) is 12.5 Å². The molecule has 3 fully saturated rings. The van der Waals surface area contributed by atoms with Gasteiger partial charge >= 0.3 is 0 Å². The van der Waals surface area contributed by atoms with Crippen molar-refractivity contribution in [1.82, 2.24) is 19.8 Å². The minimum atomic E-state index is 0.299. The minimum absolute atomic E-state index is 0.299. The molecule has 0 unspecified atom stereocenters. The third-order valence-electron chi connectivity index (χ3n) is 6.24. The highest BCUT2D eigenvalue weighted by Crippen LogP contribution is 2.35. The van der Waals surface area contributed by atoms with Crippen LogP contribution in [0.1, 0.15) is 32.1 Å². The molecule has 25 heavy (non-hydrogen) atoms. The van der Waals surface area contributed by atoms with Crippen LogP contribution in [0.4, 0.5) is 5.82 Å². The fraction of sp³-hybridized carbons (Fsp3) is 0.737. The van der Waals surface area contributed by atoms with Gasteiger partial charge in [0.1, 0.15) is 5.82 Å². The molecule has 1 saturated carbocycles. The first-order chi connectivity index (χ1) is 12.3. The Labute approximate surface area is 150 Å². The minimum Gasteiger partial charge on any atom is -0.352 e. The molecule has 0 spiro atoms. The van der Waals surface area contributed by atoms with Gasteiger partial charge in [0.2, 0.25) is 5.91 Å². The Kier molecular flexibility index (Phi) is 5.15. The second-order valence-electron chi connectivity index (χ2n) is 7.76. The highest BCUT2D eigenvalue weighted by Gasteiger charge is 2.32. The van der Waals surface area contributed by atoms with Gasteiger partial charge in [0.05, 0.1) is 12.7 Å². The van der Waals surface area contributed by atoms with E-state index in [1.807, 2.05) is 4.90 Å². The second kappa shape index (κ2) is 7.68. The Morgan fingerprint density at radius 2 is 1.80 bits per heavy atom. The second-order valence-corrected chi connectivity index (χ2v) is 7.76. The average molecular weight is 343 g/mol. The van der Waals surface area contributed by atoms with Gasteiger partial charge in [0.15, 0.2) is 0 Å². The molecule has 1 aromatic rings. The van der Waals surface area contributed by atoms with Gasteiger partial charge in [-0.25, -0.2) is 4.98 Å². The number of piperazine rings is 1. The van der Waals surface area contributed by atoms with Crippen molar-refractivity contribution in [2.24, 2.45) is 11.8 Å². The fourth-order valence-corrected chi connectivity index (χ4v) is 4.75. The van der Waals surface area contributed by atoms with Crippen molar-refractivity contribution in [3.8, 4) is 0 Å². The Morgan fingerprint density at radius 1 is 1.00 bits per heavy atom. The van der Waals surface area contributed by atoms with Crippen molar-refractivity contribution in [2.75, 3.05) is 50.7 Å². The Morgan fingerprint density at radius 3 is 2.56 bits per heavy atom. The summed E-state index contributed by atoms with van der Waals surface area (Å²) >= 11 is 0. The number of piperidine rings is 1. The largest absolute Gasteiger partial charge is 0.352 e. The lowest BCUT2D eigenvalue weighted by Gasteiger charge is -2.42. The SMILES string of the molecule is O=C(CN1CC[C@@H]2CCCC[C@H]2C1)N1CCN(c2cnccn2)CC1. The number of carbonyl (C=O) groups excluding carboxylic acids is 1. The van der Waals surface area contributed by atoms with Gasteiger partial charge < -0.3 is 9.80 Å². The molecule has 0 aromatic carbocycles. The van der Waals surface area contributed by atoms with Crippen molar-refractivity contribution in [1.29, 1.82) is 0 Å². The molecule has 2 saturated heterocycles. The molecule has 6 heteroatoms. The first-order valence-corrected chi connectivity index (χ1v) is 9.81. The van der Waals surface area contributed by atoms with E-state index in [1.54, 1.807) is 18.6 Å². The monoisotopic (exact) mass is 343 g/mol. The van der Waals surface area contributed by atoms with Crippen molar-refractivity contribution < 1.29 is 4.79 Å². The van der Waals surface area contributed by atoms with Crippen molar-refractivity contribution >= 4 is 11.7 Å². The van der Waals surface area contributed by atoms with Crippen LogP contribution in [0.5, 0.6) is 0 Å². The number of amides is 1. The lowest BCUT2D eigenvalue weighted by Crippen LogP contribution is -2.53. The molecule has 1 aromatic heterocycles. The van der Waals surface area contributed by atoms with Crippen LogP contribution in [-0.2, 0) is 4.79 Å². The van der Waals surface area contributed by atoms with E-state index < -0.39 is 0 Å². The van der Waals surface area contributed by atoms with Crippen LogP contribution in [0.2, 0.25) is 0 Å². The van der Waals surface area contributed by atoms with E-state index >= 15 is 0 Å². The van der Waals surface area contributed by atoms with Crippen LogP contribution in [0, 0.1) is 11.8 Å². The van der Waals surface area contributed by atoms with E-state index in [-0.39, 0.29) is 0 Å². The summed E-state index contributed by atoms with van der Waals surface area (Å²) in [5, 5.41) is 0. The molecule has 0 radical (unpaired) electrons. The molecule has 3 heterocycles. The van der Waals surface area contributed by atoms with Crippen molar-refractivity contribution in [2.45, 2.75) is 32.1 Å². The highest BCUT2D eigenvalue weighted by atomic mass is 16.2. The molecule has 4 rings (SSSR count). The topological polar surface area (TPSA) is 52.6 Å². The van der Waals surface area contributed by atoms with Crippen LogP contribution < -0.4 is 4.90 Å². The predicted octanol–water partition coefficient (Wildman–Crippen LogP) is 1.64. The van der Waals surface area contributed by atoms with Gasteiger partial charge in [-0.2, -0.15) is 0 Å². The summed E-state index contributed by atoms with van der Waals surface area (Å²) in [6.45, 7) is 6.10. The Hall–Kier alpha value is -1.69. The zero-order chi connectivity index (χ0) is 17.1. The maximum Gasteiger partial charge on any atom is 0.236 e. The number of anilines is 1. The predicted molar refractivity (Wildman–Crippen MR) is 97.3 cm³/mol. The normalized spacial score (nSPS) is 27.8. The molecule has 136 valence electrons. The Bertz CT molecular complexity index is 572. The standard InChI is InChI=1S/C19H29N5O/c25-19(15-22-8-5-16-3-1-2-4-17(16)14-22)24-11-9-23(10-12-24)18-13-20-6-7-21-18/h6-7,13,16-17H,1-5,8-12,14-15H2/t16-,17-/m0/s1. The molecule has 1 aliphatic carbocycles. The lowest BCUT2D eigenvalue weighted by atomic mass is 9.75. The summed E-state index contributed by atoms with van der Waals surface area (Å²) in [5.41, 5.74) is 0. The van der Waals surface area contributed by atoms with Gasteiger partial charge in [-0.05, 0) is 31.2 Å². The lowest BCUT2D eigenvalue weighted by molar-refractivity contribution is -0.133. The third kappa shape index (κ3) is 3.94. The molecule has 0 bridgehead atoms. The van der Waals surface area contributed by atoms with Gasteiger partial charge in [-0.1, -0.05) is 19.3 Å². The molecule has 6 nitrogen and oxygen atoms in total. The molecule has 2 aliphatic heterocycles. The number of carbonyl (C=O) groups is 1. The summed E-state index contributed by atoms with van der Waals surface area (Å²) in [6.07, 6.45) is 12.1. The van der Waals surface area contributed by atoms with Crippen molar-refractivity contribution in [3.63, 3.8) is 0 Å². The maximum atomic E-state index is 12.7. The maximum absolute atomic E-state index is 12.7. The zero-order valence-electron chi connectivity index (χ0n) is 15.0. The summed E-state index contributed by atoms with van der Waals surface area (Å²) in [6, 6.07) is 0. The number of hydrogen-bond acceptors (Lipinski definition) is 5. The molecule has 1 amide bonds. The van der Waals surface area contributed by atoms with Crippen LogP contribution in [0.3, 0.4) is 0 Å². The van der Waals surface area contributed by atoms with Gasteiger partial charge in [0, 0.05) is 45.1 Å². The highest BCUT2D eigenvalue weighted by molar-refractivity contribution is 5.78. The smallest absolute Gasteiger partial charge is 0.236 e. The van der Waals surface area contributed by atoms with Gasteiger partial charge in [0.25, 0.3) is 0 Å². The summed E-state index contributed by atoms with van der Waals surface area (Å²) in [5.74, 6) is 2.97. The van der Waals surface area contributed by atoms with E-state index in [1.165, 1.54) is 32.1 Å². The van der Waals surface area contributed by atoms with E-state index in [9.17, 15) is 4.79 Å². The van der Waals surface area contributed by atoms with Crippen LogP contribution in [0.25, 0.3) is 0 Å². The first-order valence-electron chi connectivity index (χ1n) is 9.81. The number of rotatable bonds is 3. The Balaban J connectivity index is 1.25. The molecular formula is C19H29N5O. The summed E-state index contributed by atoms with van der Waals surface area (Å²) < 4.78 is 0. The van der Waals surface area contributed by atoms with Gasteiger partial charge in [-0.3, -0.25) is 14.7 Å². The molecule has 3 aliphatic rings. The first kappa shape index (κ1) is 16.8. The fourth-order valence-electron chi connectivity index (χ4n) is 4.75. The number of aromatic nitrogens is 2. The summed E-state index contributed by atoms with van der Waals surface area (Å²) in [7, 11) is 0. The van der Waals surface area contributed by atoms with Crippen LogP contribution in [-0.4, -0.2) is 71.5 Å². The zero-order valence-corrected chi connectivity index (χ0v) is 15.0. The van der Waals surface area contributed by atoms with Crippen LogP contribution in [0.15, 0.2) is 18.6 Å². The van der Waals surface area contributed by atoms with Crippen LogP contribution >= 0.6 is 0 Å². The summed E-state index contributed by atoms with van der Waals surface area (Å²) in [4.78, 5) is 27.8. The average Bonchev–Trinajstić information content (AvgIpc) is 2.69. The number of fused-ring (bicyclic) bond motifs is 1. The van der Waals surface area contributed by atoms with E-state index in [4.69, 9.17) is 0 Å². The number of likely N-dealkylation sites (tertiary alicyclic amines) is 1. The number of nitrogens with zero attached hydrogens (tertiary/aromatic N) is 5. The number of hydrogen-bond donors (Lipinski definition) is 0. The quantitative estimate of drug-likeness (QED) is 0.835. The van der Waals surface area contributed by atoms with E-state index in [0.717, 1.165) is 56.9 Å². The molecule has 0 N–H and O–H groups in total.